The fourth-order valence-electron chi connectivity index (χ4n) is 0.691. The number of alkyl halides is 2. The Morgan fingerprint density at radius 2 is 2.31 bits per heavy atom. The first-order chi connectivity index (χ1) is 6.02. The van der Waals surface area contributed by atoms with E-state index in [1.807, 2.05) is 19.4 Å². The van der Waals surface area contributed by atoms with E-state index in [2.05, 4.69) is 4.99 Å². The second kappa shape index (κ2) is 4.26. The lowest BCUT2D eigenvalue weighted by molar-refractivity contribution is -0.116. The van der Waals surface area contributed by atoms with Crippen molar-refractivity contribution in [2.75, 3.05) is 0 Å². The lowest BCUT2D eigenvalue weighted by atomic mass is 10.6. The SMILES string of the molecule is Cc1csc(=NC(=O)C(Cl)Cl)n1C. The van der Waals surface area contributed by atoms with Crippen LogP contribution in [0.5, 0.6) is 0 Å². The first-order valence-electron chi connectivity index (χ1n) is 3.50. The summed E-state index contributed by atoms with van der Waals surface area (Å²) in [4.78, 5) is 14.3. The molecule has 0 aromatic carbocycles. The highest BCUT2D eigenvalue weighted by Crippen LogP contribution is 2.03. The van der Waals surface area contributed by atoms with Crippen LogP contribution in [0.25, 0.3) is 0 Å². The molecule has 1 rings (SSSR count). The molecule has 0 saturated heterocycles. The summed E-state index contributed by atoms with van der Waals surface area (Å²) in [5.74, 6) is -0.527. The average Bonchev–Trinajstić information content (AvgIpc) is 2.36. The van der Waals surface area contributed by atoms with Crippen LogP contribution in [-0.2, 0) is 11.8 Å². The molecule has 0 radical (unpaired) electrons. The van der Waals surface area contributed by atoms with Crippen LogP contribution in [0.4, 0.5) is 0 Å². The van der Waals surface area contributed by atoms with E-state index in [4.69, 9.17) is 23.2 Å². The highest BCUT2D eigenvalue weighted by molar-refractivity contribution is 7.07. The minimum atomic E-state index is -1.08. The van der Waals surface area contributed by atoms with Gasteiger partial charge >= 0.3 is 0 Å². The van der Waals surface area contributed by atoms with Gasteiger partial charge < -0.3 is 4.57 Å². The van der Waals surface area contributed by atoms with Crippen molar-refractivity contribution in [1.29, 1.82) is 0 Å². The van der Waals surface area contributed by atoms with Crippen LogP contribution >= 0.6 is 34.5 Å². The Hall–Kier alpha value is -0.320. The van der Waals surface area contributed by atoms with Crippen molar-refractivity contribution in [2.45, 2.75) is 11.8 Å². The van der Waals surface area contributed by atoms with Crippen LogP contribution < -0.4 is 4.80 Å². The van der Waals surface area contributed by atoms with Crippen LogP contribution in [0.2, 0.25) is 0 Å². The Kier molecular flexibility index (Phi) is 3.53. The monoisotopic (exact) mass is 238 g/mol. The Bertz CT molecular complexity index is 380. The zero-order valence-electron chi connectivity index (χ0n) is 7.12. The standard InChI is InChI=1S/C7H8Cl2N2OS/c1-4-3-13-7(11(4)2)10-6(12)5(8)9/h3,5H,1-2H3. The molecule has 0 N–H and O–H groups in total. The largest absolute Gasteiger partial charge is 0.324 e. The fourth-order valence-corrected chi connectivity index (χ4v) is 1.67. The third-order valence-electron chi connectivity index (χ3n) is 1.54. The summed E-state index contributed by atoms with van der Waals surface area (Å²) in [7, 11) is 1.83. The molecule has 1 amide bonds. The Morgan fingerprint density at radius 3 is 2.69 bits per heavy atom. The van der Waals surface area contributed by atoms with Gasteiger partial charge in [-0.25, -0.2) is 0 Å². The van der Waals surface area contributed by atoms with Gasteiger partial charge in [-0.3, -0.25) is 4.79 Å². The van der Waals surface area contributed by atoms with E-state index in [1.54, 1.807) is 4.57 Å². The lowest BCUT2D eigenvalue weighted by Gasteiger charge is -1.94. The zero-order chi connectivity index (χ0) is 10.0. The number of aromatic nitrogens is 1. The number of halogens is 2. The third-order valence-corrected chi connectivity index (χ3v) is 2.95. The van der Waals surface area contributed by atoms with E-state index < -0.39 is 10.7 Å². The maximum atomic E-state index is 11.0. The summed E-state index contributed by atoms with van der Waals surface area (Å²) in [5, 5.41) is 1.91. The minimum Gasteiger partial charge on any atom is -0.324 e. The van der Waals surface area contributed by atoms with Crippen molar-refractivity contribution in [3.05, 3.63) is 15.9 Å². The molecule has 0 spiro atoms. The molecule has 0 fully saturated rings. The molecule has 0 aliphatic carbocycles. The zero-order valence-corrected chi connectivity index (χ0v) is 9.45. The molecule has 0 aliphatic rings. The van der Waals surface area contributed by atoms with Crippen molar-refractivity contribution < 1.29 is 4.79 Å². The summed E-state index contributed by atoms with van der Waals surface area (Å²) >= 11 is 12.1. The van der Waals surface area contributed by atoms with Crippen molar-refractivity contribution in [3.63, 3.8) is 0 Å². The summed E-state index contributed by atoms with van der Waals surface area (Å²) < 4.78 is 1.80. The van der Waals surface area contributed by atoms with Crippen molar-refractivity contribution in [1.82, 2.24) is 4.57 Å². The summed E-state index contributed by atoms with van der Waals surface area (Å²) in [6.07, 6.45) is 0. The van der Waals surface area contributed by atoms with Gasteiger partial charge in [0.1, 0.15) is 0 Å². The van der Waals surface area contributed by atoms with E-state index >= 15 is 0 Å². The fraction of sp³-hybridized carbons (Fsp3) is 0.429. The number of thiazole rings is 1. The number of carbonyl (C=O) groups excluding carboxylic acids is 1. The molecule has 3 nitrogen and oxygen atoms in total. The van der Waals surface area contributed by atoms with Gasteiger partial charge in [0.15, 0.2) is 9.64 Å². The Morgan fingerprint density at radius 1 is 1.69 bits per heavy atom. The topological polar surface area (TPSA) is 34.4 Å². The lowest BCUT2D eigenvalue weighted by Crippen LogP contribution is -2.16. The first-order valence-corrected chi connectivity index (χ1v) is 5.25. The third kappa shape index (κ3) is 2.56. The predicted molar refractivity (Wildman–Crippen MR) is 54.1 cm³/mol. The minimum absolute atomic E-state index is 0.527. The van der Waals surface area contributed by atoms with Gasteiger partial charge in [0.25, 0.3) is 5.91 Å². The first kappa shape index (κ1) is 10.8. The van der Waals surface area contributed by atoms with E-state index in [-0.39, 0.29) is 0 Å². The molecule has 0 saturated carbocycles. The molecule has 0 atom stereocenters. The molecule has 72 valence electrons. The number of nitrogens with zero attached hydrogens (tertiary/aromatic N) is 2. The maximum absolute atomic E-state index is 11.0. The van der Waals surface area contributed by atoms with Gasteiger partial charge in [-0.15, -0.1) is 11.3 Å². The van der Waals surface area contributed by atoms with E-state index in [0.29, 0.717) is 4.80 Å². The second-order valence-electron chi connectivity index (χ2n) is 2.47. The molecule has 0 aliphatic heterocycles. The Balaban J connectivity index is 3.08. The average molecular weight is 239 g/mol. The summed E-state index contributed by atoms with van der Waals surface area (Å²) in [5.41, 5.74) is 1.04. The number of hydrogen-bond donors (Lipinski definition) is 0. The molecule has 6 heteroatoms. The smallest absolute Gasteiger partial charge is 0.281 e. The van der Waals surface area contributed by atoms with Crippen LogP contribution in [0.3, 0.4) is 0 Å². The highest BCUT2D eigenvalue weighted by atomic mass is 35.5. The normalized spacial score (nSPS) is 12.5. The number of hydrogen-bond acceptors (Lipinski definition) is 2. The maximum Gasteiger partial charge on any atom is 0.281 e. The number of amides is 1. The van der Waals surface area contributed by atoms with Gasteiger partial charge in [-0.2, -0.15) is 4.99 Å². The highest BCUT2D eigenvalue weighted by Gasteiger charge is 2.09. The van der Waals surface area contributed by atoms with Crippen molar-refractivity contribution in [3.8, 4) is 0 Å². The summed E-state index contributed by atoms with van der Waals surface area (Å²) in [6, 6.07) is 0. The number of rotatable bonds is 1. The molecule has 0 bridgehead atoms. The van der Waals surface area contributed by atoms with Crippen LogP contribution in [0.1, 0.15) is 5.69 Å². The second-order valence-corrected chi connectivity index (χ2v) is 4.40. The van der Waals surface area contributed by atoms with Crippen LogP contribution in [0, 0.1) is 6.92 Å². The van der Waals surface area contributed by atoms with E-state index in [1.165, 1.54) is 11.3 Å². The van der Waals surface area contributed by atoms with Gasteiger partial charge in [0.05, 0.1) is 0 Å². The molecular weight excluding hydrogens is 231 g/mol. The number of carbonyl (C=O) groups is 1. The van der Waals surface area contributed by atoms with Crippen molar-refractivity contribution >= 4 is 40.4 Å². The predicted octanol–water partition coefficient (Wildman–Crippen LogP) is 1.63. The van der Waals surface area contributed by atoms with Gasteiger partial charge in [-0.1, -0.05) is 23.2 Å². The molecular formula is C7H8Cl2N2OS. The van der Waals surface area contributed by atoms with Crippen LogP contribution in [0.15, 0.2) is 10.4 Å². The van der Waals surface area contributed by atoms with Crippen LogP contribution in [-0.4, -0.2) is 15.3 Å². The molecule has 1 aromatic heterocycles. The van der Waals surface area contributed by atoms with E-state index in [9.17, 15) is 4.79 Å². The van der Waals surface area contributed by atoms with E-state index in [0.717, 1.165) is 5.69 Å². The number of aryl methyl sites for hydroxylation is 1. The molecule has 13 heavy (non-hydrogen) atoms. The molecule has 0 unspecified atom stereocenters. The van der Waals surface area contributed by atoms with Gasteiger partial charge in [0, 0.05) is 18.1 Å². The van der Waals surface area contributed by atoms with Crippen molar-refractivity contribution in [2.24, 2.45) is 12.0 Å². The quantitative estimate of drug-likeness (QED) is 0.686. The molecule has 1 aromatic rings. The Labute approximate surface area is 89.6 Å². The van der Waals surface area contributed by atoms with Gasteiger partial charge in [-0.05, 0) is 6.92 Å². The van der Waals surface area contributed by atoms with Gasteiger partial charge in [0.2, 0.25) is 0 Å². The summed E-state index contributed by atoms with van der Waals surface area (Å²) in [6.45, 7) is 1.93. The molecule has 1 heterocycles.